The van der Waals surface area contributed by atoms with Gasteiger partial charge < -0.3 is 10.6 Å². The standard InChI is InChI=1S/C22H33N3O4S2/c1-30-15-13-20(22(27)23-18-9-5-6-10-18)24-21(26)17-8-7-14-25(16-17)31(28,29)19-11-3-2-4-12-19/h2-4,11-12,17-18,20H,5-10,13-16H2,1H3,(H,23,27)(H,24,26)/t17-,20+/m1/s1. The van der Waals surface area contributed by atoms with E-state index in [2.05, 4.69) is 10.6 Å². The van der Waals surface area contributed by atoms with Gasteiger partial charge in [-0.3, -0.25) is 9.59 Å². The maximum Gasteiger partial charge on any atom is 0.243 e. The Morgan fingerprint density at radius 1 is 1.13 bits per heavy atom. The Hall–Kier alpha value is -1.58. The van der Waals surface area contributed by atoms with E-state index in [1.165, 1.54) is 4.31 Å². The highest BCUT2D eigenvalue weighted by molar-refractivity contribution is 7.98. The SMILES string of the molecule is CSCC[C@H](NC(=O)[C@@H]1CCCN(S(=O)(=O)c2ccccc2)C1)C(=O)NC1CCCC1. The molecule has 2 amide bonds. The van der Waals surface area contributed by atoms with Crippen LogP contribution in [0.5, 0.6) is 0 Å². The third-order valence-corrected chi connectivity index (χ3v) is 8.60. The van der Waals surface area contributed by atoms with Gasteiger partial charge in [-0.2, -0.15) is 16.1 Å². The Morgan fingerprint density at radius 3 is 2.52 bits per heavy atom. The number of rotatable bonds is 9. The van der Waals surface area contributed by atoms with E-state index in [-0.39, 0.29) is 29.3 Å². The number of carbonyl (C=O) groups excluding carboxylic acids is 2. The van der Waals surface area contributed by atoms with Crippen LogP contribution < -0.4 is 10.6 Å². The topological polar surface area (TPSA) is 95.6 Å². The number of thioether (sulfide) groups is 1. The van der Waals surface area contributed by atoms with Crippen LogP contribution in [-0.4, -0.2) is 61.7 Å². The molecule has 1 aliphatic carbocycles. The van der Waals surface area contributed by atoms with E-state index < -0.39 is 22.0 Å². The fourth-order valence-corrected chi connectivity index (χ4v) is 6.30. The molecular formula is C22H33N3O4S2. The average Bonchev–Trinajstić information content (AvgIpc) is 3.30. The molecule has 1 saturated heterocycles. The number of hydrogen-bond donors (Lipinski definition) is 2. The van der Waals surface area contributed by atoms with Crippen LogP contribution in [0.3, 0.4) is 0 Å². The summed E-state index contributed by atoms with van der Waals surface area (Å²) >= 11 is 1.64. The van der Waals surface area contributed by atoms with Crippen LogP contribution in [-0.2, 0) is 19.6 Å². The van der Waals surface area contributed by atoms with Crippen LogP contribution >= 0.6 is 11.8 Å². The summed E-state index contributed by atoms with van der Waals surface area (Å²) in [6.07, 6.45) is 8.00. The molecule has 9 heteroatoms. The molecule has 1 aromatic rings. The largest absolute Gasteiger partial charge is 0.352 e. The van der Waals surface area contributed by atoms with Crippen molar-refractivity contribution in [3.63, 3.8) is 0 Å². The quantitative estimate of drug-likeness (QED) is 0.581. The van der Waals surface area contributed by atoms with Crippen LogP contribution in [0.25, 0.3) is 0 Å². The van der Waals surface area contributed by atoms with E-state index in [0.29, 0.717) is 25.8 Å². The molecule has 1 aromatic carbocycles. The molecule has 2 N–H and O–H groups in total. The van der Waals surface area contributed by atoms with E-state index in [0.717, 1.165) is 31.4 Å². The molecule has 2 atom stereocenters. The van der Waals surface area contributed by atoms with Gasteiger partial charge in [-0.15, -0.1) is 0 Å². The van der Waals surface area contributed by atoms with Gasteiger partial charge in [-0.1, -0.05) is 31.0 Å². The smallest absolute Gasteiger partial charge is 0.243 e. The summed E-state index contributed by atoms with van der Waals surface area (Å²) in [6.45, 7) is 0.543. The van der Waals surface area contributed by atoms with Crippen molar-refractivity contribution in [2.24, 2.45) is 5.92 Å². The molecule has 2 aliphatic rings. The molecule has 0 bridgehead atoms. The van der Waals surface area contributed by atoms with Crippen LogP contribution in [0.2, 0.25) is 0 Å². The van der Waals surface area contributed by atoms with Gasteiger partial charge in [0.1, 0.15) is 6.04 Å². The van der Waals surface area contributed by atoms with Crippen LogP contribution in [0.4, 0.5) is 0 Å². The van der Waals surface area contributed by atoms with Crippen LogP contribution in [0, 0.1) is 5.92 Å². The fraction of sp³-hybridized carbons (Fsp3) is 0.636. The monoisotopic (exact) mass is 467 g/mol. The first kappa shape index (κ1) is 24.1. The summed E-state index contributed by atoms with van der Waals surface area (Å²) in [7, 11) is -3.63. The van der Waals surface area contributed by atoms with Gasteiger partial charge in [0.15, 0.2) is 0 Å². The Morgan fingerprint density at radius 2 is 1.84 bits per heavy atom. The average molecular weight is 468 g/mol. The predicted octanol–water partition coefficient (Wildman–Crippen LogP) is 2.38. The van der Waals surface area contributed by atoms with Crippen molar-refractivity contribution < 1.29 is 18.0 Å². The maximum atomic E-state index is 13.0. The first-order chi connectivity index (χ1) is 14.9. The minimum Gasteiger partial charge on any atom is -0.352 e. The lowest BCUT2D eigenvalue weighted by molar-refractivity contribution is -0.132. The van der Waals surface area contributed by atoms with Crippen LogP contribution in [0.1, 0.15) is 44.9 Å². The first-order valence-electron chi connectivity index (χ1n) is 11.1. The Bertz CT molecular complexity index is 842. The molecular weight excluding hydrogens is 434 g/mol. The van der Waals surface area contributed by atoms with Crippen molar-refractivity contribution in [3.05, 3.63) is 30.3 Å². The van der Waals surface area contributed by atoms with Gasteiger partial charge in [0, 0.05) is 19.1 Å². The number of nitrogens with zero attached hydrogens (tertiary/aromatic N) is 1. The fourth-order valence-electron chi connectivity index (χ4n) is 4.28. The molecule has 0 unspecified atom stereocenters. The van der Waals surface area contributed by atoms with E-state index in [9.17, 15) is 18.0 Å². The second-order valence-corrected chi connectivity index (χ2v) is 11.3. The van der Waals surface area contributed by atoms with Gasteiger partial charge in [-0.05, 0) is 56.2 Å². The minimum atomic E-state index is -3.63. The lowest BCUT2D eigenvalue weighted by atomic mass is 9.98. The number of carbonyl (C=O) groups is 2. The second kappa shape index (κ2) is 11.3. The van der Waals surface area contributed by atoms with Crippen LogP contribution in [0.15, 0.2) is 35.2 Å². The van der Waals surface area contributed by atoms with Crippen molar-refractivity contribution in [1.82, 2.24) is 14.9 Å². The van der Waals surface area contributed by atoms with E-state index >= 15 is 0 Å². The molecule has 2 fully saturated rings. The highest BCUT2D eigenvalue weighted by atomic mass is 32.2. The lowest BCUT2D eigenvalue weighted by Gasteiger charge is -2.32. The van der Waals surface area contributed by atoms with Crippen molar-refractivity contribution in [2.75, 3.05) is 25.1 Å². The summed E-state index contributed by atoms with van der Waals surface area (Å²) < 4.78 is 27.3. The Kier molecular flexibility index (Phi) is 8.80. The molecule has 1 heterocycles. The third kappa shape index (κ3) is 6.46. The van der Waals surface area contributed by atoms with Crippen molar-refractivity contribution in [2.45, 2.75) is 61.9 Å². The molecule has 0 spiro atoms. The van der Waals surface area contributed by atoms with Crippen molar-refractivity contribution >= 4 is 33.6 Å². The van der Waals surface area contributed by atoms with Gasteiger partial charge >= 0.3 is 0 Å². The summed E-state index contributed by atoms with van der Waals surface area (Å²) in [5.41, 5.74) is 0. The molecule has 0 radical (unpaired) electrons. The number of amides is 2. The molecule has 7 nitrogen and oxygen atoms in total. The zero-order valence-corrected chi connectivity index (χ0v) is 19.7. The molecule has 172 valence electrons. The number of nitrogens with one attached hydrogen (secondary N) is 2. The van der Waals surface area contributed by atoms with E-state index in [1.807, 2.05) is 6.26 Å². The van der Waals surface area contributed by atoms with E-state index in [1.54, 1.807) is 42.1 Å². The summed E-state index contributed by atoms with van der Waals surface area (Å²) in [5.74, 6) is -0.0508. The number of sulfonamides is 1. The molecule has 1 saturated carbocycles. The number of benzene rings is 1. The normalized spacial score (nSPS) is 21.5. The maximum absolute atomic E-state index is 13.0. The van der Waals surface area contributed by atoms with Gasteiger partial charge in [0.05, 0.1) is 10.8 Å². The predicted molar refractivity (Wildman–Crippen MR) is 123 cm³/mol. The van der Waals surface area contributed by atoms with Crippen molar-refractivity contribution in [3.8, 4) is 0 Å². The zero-order chi connectivity index (χ0) is 22.3. The molecule has 1 aliphatic heterocycles. The van der Waals surface area contributed by atoms with Crippen molar-refractivity contribution in [1.29, 1.82) is 0 Å². The number of hydrogen-bond acceptors (Lipinski definition) is 5. The van der Waals surface area contributed by atoms with Gasteiger partial charge in [0.2, 0.25) is 21.8 Å². The summed E-state index contributed by atoms with van der Waals surface area (Å²) in [4.78, 5) is 26.0. The zero-order valence-electron chi connectivity index (χ0n) is 18.1. The van der Waals surface area contributed by atoms with E-state index in [4.69, 9.17) is 0 Å². The third-order valence-electron chi connectivity index (χ3n) is 6.08. The summed E-state index contributed by atoms with van der Waals surface area (Å²) in [6, 6.07) is 7.93. The first-order valence-corrected chi connectivity index (χ1v) is 13.9. The highest BCUT2D eigenvalue weighted by Crippen LogP contribution is 2.24. The van der Waals surface area contributed by atoms with Gasteiger partial charge in [0.25, 0.3) is 0 Å². The highest BCUT2D eigenvalue weighted by Gasteiger charge is 2.35. The lowest BCUT2D eigenvalue weighted by Crippen LogP contribution is -2.53. The molecule has 0 aromatic heterocycles. The second-order valence-electron chi connectivity index (χ2n) is 8.35. The molecule has 3 rings (SSSR count). The minimum absolute atomic E-state index is 0.126. The molecule has 31 heavy (non-hydrogen) atoms. The summed E-state index contributed by atoms with van der Waals surface area (Å²) in [5, 5.41) is 6.00. The Balaban J connectivity index is 1.63. The van der Waals surface area contributed by atoms with Gasteiger partial charge in [-0.25, -0.2) is 8.42 Å². The Labute approximate surface area is 189 Å². The number of piperidine rings is 1.